The Morgan fingerprint density at radius 3 is 2.50 bits per heavy atom. The molecule has 18 heavy (non-hydrogen) atoms. The summed E-state index contributed by atoms with van der Waals surface area (Å²) in [6.07, 6.45) is 5.31. The van der Waals surface area contributed by atoms with Crippen molar-refractivity contribution in [2.45, 2.75) is 59.0 Å². The van der Waals surface area contributed by atoms with Crippen LogP contribution in [0, 0.1) is 11.3 Å². The van der Waals surface area contributed by atoms with Gasteiger partial charge in [-0.15, -0.1) is 0 Å². The minimum absolute atomic E-state index is 0.153. The second-order valence-electron chi connectivity index (χ2n) is 5.77. The van der Waals surface area contributed by atoms with E-state index in [9.17, 15) is 9.90 Å². The van der Waals surface area contributed by atoms with Crippen LogP contribution in [0.25, 0.3) is 0 Å². The van der Waals surface area contributed by atoms with Crippen LogP contribution < -0.4 is 10.6 Å². The number of urea groups is 1. The van der Waals surface area contributed by atoms with Crippen LogP contribution in [0.15, 0.2) is 0 Å². The first-order chi connectivity index (χ1) is 8.53. The summed E-state index contributed by atoms with van der Waals surface area (Å²) in [5.74, 6) is 0.222. The maximum Gasteiger partial charge on any atom is 0.314 e. The van der Waals surface area contributed by atoms with E-state index in [0.29, 0.717) is 12.0 Å². The minimum atomic E-state index is -0.453. The molecule has 0 saturated heterocycles. The molecular weight excluding hydrogens is 228 g/mol. The normalized spacial score (nSPS) is 20.0. The van der Waals surface area contributed by atoms with E-state index in [0.717, 1.165) is 13.0 Å². The quantitative estimate of drug-likeness (QED) is 0.624. The van der Waals surface area contributed by atoms with Gasteiger partial charge in [0.1, 0.15) is 0 Å². The monoisotopic (exact) mass is 256 g/mol. The molecule has 1 rings (SSSR count). The Kier molecular flexibility index (Phi) is 5.93. The molecule has 0 aromatic heterocycles. The Labute approximate surface area is 111 Å². The topological polar surface area (TPSA) is 61.4 Å². The number of nitrogens with one attached hydrogen (secondary N) is 2. The number of hydrogen-bond acceptors (Lipinski definition) is 2. The van der Waals surface area contributed by atoms with Crippen molar-refractivity contribution >= 4 is 6.03 Å². The molecule has 1 aliphatic rings. The number of aliphatic hydroxyl groups excluding tert-OH is 1. The van der Waals surface area contributed by atoms with Crippen LogP contribution >= 0.6 is 0 Å². The standard InChI is InChI=1S/C14H28N2O2/c1-4-6-14(7-8-14)10-16-13(18)15-9-12(17)11(3)5-2/h11-12,17H,4-10H2,1-3H3,(H2,15,16,18). The van der Waals surface area contributed by atoms with Gasteiger partial charge in [-0.1, -0.05) is 33.6 Å². The average molecular weight is 256 g/mol. The summed E-state index contributed by atoms with van der Waals surface area (Å²) in [6, 6.07) is -0.153. The predicted molar refractivity (Wildman–Crippen MR) is 73.4 cm³/mol. The van der Waals surface area contributed by atoms with Crippen molar-refractivity contribution in [1.29, 1.82) is 0 Å². The van der Waals surface area contributed by atoms with Crippen LogP contribution in [0.1, 0.15) is 52.9 Å². The summed E-state index contributed by atoms with van der Waals surface area (Å²) in [6.45, 7) is 7.32. The number of hydrogen-bond donors (Lipinski definition) is 3. The molecule has 4 nitrogen and oxygen atoms in total. The van der Waals surface area contributed by atoms with Crippen molar-refractivity contribution in [3.8, 4) is 0 Å². The van der Waals surface area contributed by atoms with Gasteiger partial charge in [0, 0.05) is 13.1 Å². The van der Waals surface area contributed by atoms with Gasteiger partial charge >= 0.3 is 6.03 Å². The highest BCUT2D eigenvalue weighted by molar-refractivity contribution is 5.73. The highest BCUT2D eigenvalue weighted by atomic mass is 16.3. The summed E-state index contributed by atoms with van der Waals surface area (Å²) >= 11 is 0. The summed E-state index contributed by atoms with van der Waals surface area (Å²) in [5.41, 5.74) is 0.376. The zero-order valence-corrected chi connectivity index (χ0v) is 12.0. The molecule has 0 spiro atoms. The SMILES string of the molecule is CCCC1(CNC(=O)NCC(O)C(C)CC)CC1. The first kappa shape index (κ1) is 15.3. The molecule has 0 aromatic rings. The lowest BCUT2D eigenvalue weighted by Crippen LogP contribution is -2.43. The number of carbonyl (C=O) groups excluding carboxylic acids is 1. The van der Waals surface area contributed by atoms with Crippen LogP contribution in [0.5, 0.6) is 0 Å². The van der Waals surface area contributed by atoms with Gasteiger partial charge in [-0.3, -0.25) is 0 Å². The Hall–Kier alpha value is -0.770. The van der Waals surface area contributed by atoms with E-state index in [-0.39, 0.29) is 11.9 Å². The highest BCUT2D eigenvalue weighted by Crippen LogP contribution is 2.48. The van der Waals surface area contributed by atoms with Crippen molar-refractivity contribution in [2.75, 3.05) is 13.1 Å². The number of aliphatic hydroxyl groups is 1. The fourth-order valence-electron chi connectivity index (χ4n) is 2.22. The molecule has 3 N–H and O–H groups in total. The van der Waals surface area contributed by atoms with Crippen LogP contribution in [-0.4, -0.2) is 30.3 Å². The van der Waals surface area contributed by atoms with Crippen LogP contribution in [0.4, 0.5) is 4.79 Å². The molecule has 1 aliphatic carbocycles. The molecule has 2 atom stereocenters. The number of carbonyl (C=O) groups is 1. The van der Waals surface area contributed by atoms with Crippen LogP contribution in [-0.2, 0) is 0 Å². The lowest BCUT2D eigenvalue weighted by molar-refractivity contribution is 0.114. The van der Waals surface area contributed by atoms with E-state index in [2.05, 4.69) is 17.6 Å². The van der Waals surface area contributed by atoms with Gasteiger partial charge < -0.3 is 15.7 Å². The van der Waals surface area contributed by atoms with E-state index in [1.807, 2.05) is 13.8 Å². The van der Waals surface area contributed by atoms with Crippen molar-refractivity contribution in [3.05, 3.63) is 0 Å². The Morgan fingerprint density at radius 1 is 1.33 bits per heavy atom. The molecule has 1 saturated carbocycles. The zero-order valence-electron chi connectivity index (χ0n) is 12.0. The van der Waals surface area contributed by atoms with Gasteiger partial charge in [-0.05, 0) is 30.6 Å². The van der Waals surface area contributed by atoms with Crippen molar-refractivity contribution in [3.63, 3.8) is 0 Å². The molecule has 2 amide bonds. The molecule has 1 fully saturated rings. The largest absolute Gasteiger partial charge is 0.391 e. The fourth-order valence-corrected chi connectivity index (χ4v) is 2.22. The summed E-state index contributed by atoms with van der Waals surface area (Å²) < 4.78 is 0. The third-order valence-electron chi connectivity index (χ3n) is 4.13. The summed E-state index contributed by atoms with van der Waals surface area (Å²) in [4.78, 5) is 11.6. The molecule has 106 valence electrons. The Morgan fingerprint density at radius 2 is 2.00 bits per heavy atom. The smallest absolute Gasteiger partial charge is 0.314 e. The lowest BCUT2D eigenvalue weighted by atomic mass is 10.0. The van der Waals surface area contributed by atoms with E-state index in [1.54, 1.807) is 0 Å². The molecule has 0 radical (unpaired) electrons. The lowest BCUT2D eigenvalue weighted by Gasteiger charge is -2.19. The zero-order chi connectivity index (χ0) is 13.6. The molecule has 0 aliphatic heterocycles. The third kappa shape index (κ3) is 4.84. The first-order valence-electron chi connectivity index (χ1n) is 7.23. The molecule has 0 bridgehead atoms. The maximum atomic E-state index is 11.6. The summed E-state index contributed by atoms with van der Waals surface area (Å²) in [5, 5.41) is 15.4. The minimum Gasteiger partial charge on any atom is -0.391 e. The van der Waals surface area contributed by atoms with Crippen molar-refractivity contribution in [1.82, 2.24) is 10.6 Å². The molecule has 0 aromatic carbocycles. The second kappa shape index (κ2) is 6.98. The summed E-state index contributed by atoms with van der Waals surface area (Å²) in [7, 11) is 0. The average Bonchev–Trinajstić information content (AvgIpc) is 3.13. The Balaban J connectivity index is 2.14. The van der Waals surface area contributed by atoms with Crippen molar-refractivity contribution < 1.29 is 9.90 Å². The van der Waals surface area contributed by atoms with E-state index in [1.165, 1.54) is 25.7 Å². The van der Waals surface area contributed by atoms with Crippen LogP contribution in [0.3, 0.4) is 0 Å². The van der Waals surface area contributed by atoms with E-state index in [4.69, 9.17) is 0 Å². The molecule has 0 heterocycles. The van der Waals surface area contributed by atoms with Crippen LogP contribution in [0.2, 0.25) is 0 Å². The fraction of sp³-hybridized carbons (Fsp3) is 0.929. The second-order valence-corrected chi connectivity index (χ2v) is 5.77. The predicted octanol–water partition coefficient (Wildman–Crippen LogP) is 2.27. The van der Waals surface area contributed by atoms with Gasteiger partial charge in [-0.2, -0.15) is 0 Å². The van der Waals surface area contributed by atoms with Gasteiger partial charge in [-0.25, -0.2) is 4.79 Å². The van der Waals surface area contributed by atoms with Gasteiger partial charge in [0.25, 0.3) is 0 Å². The Bertz CT molecular complexity index is 265. The number of amides is 2. The molecule has 4 heteroatoms. The molecular formula is C14H28N2O2. The maximum absolute atomic E-state index is 11.6. The highest BCUT2D eigenvalue weighted by Gasteiger charge is 2.41. The van der Waals surface area contributed by atoms with Gasteiger partial charge in [0.05, 0.1) is 6.10 Å². The van der Waals surface area contributed by atoms with Crippen molar-refractivity contribution in [2.24, 2.45) is 11.3 Å². The van der Waals surface area contributed by atoms with Gasteiger partial charge in [0.15, 0.2) is 0 Å². The van der Waals surface area contributed by atoms with E-state index >= 15 is 0 Å². The first-order valence-corrected chi connectivity index (χ1v) is 7.23. The van der Waals surface area contributed by atoms with Gasteiger partial charge in [0.2, 0.25) is 0 Å². The third-order valence-corrected chi connectivity index (χ3v) is 4.13. The number of rotatable bonds is 8. The molecule has 2 unspecified atom stereocenters. The van der Waals surface area contributed by atoms with E-state index < -0.39 is 6.10 Å².